The zero-order valence-electron chi connectivity index (χ0n) is 12.1. The van der Waals surface area contributed by atoms with Crippen LogP contribution in [-0.2, 0) is 38.1 Å². The first-order valence-electron chi connectivity index (χ1n) is 5.58. The summed E-state index contributed by atoms with van der Waals surface area (Å²) in [7, 11) is 4.47. The lowest BCUT2D eigenvalue weighted by atomic mass is 10.4. The molecule has 8 nitrogen and oxygen atoms in total. The molecule has 0 saturated heterocycles. The van der Waals surface area contributed by atoms with Gasteiger partial charge >= 0.3 is 23.9 Å². The molecule has 10 heteroatoms. The van der Waals surface area contributed by atoms with Crippen LogP contribution in [0.1, 0.15) is 0 Å². The smallest absolute Gasteiger partial charge is 0.346 e. The third-order valence-corrected chi connectivity index (χ3v) is 4.86. The maximum Gasteiger partial charge on any atom is 0.346 e. The Balaban J connectivity index is 3.40. The lowest BCUT2D eigenvalue weighted by Gasteiger charge is -2.19. The van der Waals surface area contributed by atoms with E-state index in [1.54, 1.807) is 0 Å². The summed E-state index contributed by atoms with van der Waals surface area (Å²) in [6.07, 6.45) is 0. The van der Waals surface area contributed by atoms with Crippen LogP contribution in [0.3, 0.4) is 0 Å². The predicted molar refractivity (Wildman–Crippen MR) is 77.3 cm³/mol. The molecule has 120 valence electrons. The molecule has 0 aromatic rings. The summed E-state index contributed by atoms with van der Waals surface area (Å²) in [4.78, 5) is 46.5. The number of rotatable bonds is 4. The fourth-order valence-electron chi connectivity index (χ4n) is 1.30. The molecule has 0 spiro atoms. The third kappa shape index (κ3) is 3.63. The first-order valence-corrected chi connectivity index (χ1v) is 7.22. The Morgan fingerprint density at radius 2 is 0.727 bits per heavy atom. The molecule has 22 heavy (non-hydrogen) atoms. The van der Waals surface area contributed by atoms with E-state index in [4.69, 9.17) is 0 Å². The van der Waals surface area contributed by atoms with Crippen molar-refractivity contribution in [2.24, 2.45) is 0 Å². The molecule has 1 aliphatic heterocycles. The summed E-state index contributed by atoms with van der Waals surface area (Å²) >= 11 is 1.18. The molecule has 0 saturated carbocycles. The van der Waals surface area contributed by atoms with Gasteiger partial charge in [-0.1, -0.05) is 23.5 Å². The van der Waals surface area contributed by atoms with Gasteiger partial charge in [0.05, 0.1) is 28.4 Å². The summed E-state index contributed by atoms with van der Waals surface area (Å²) < 4.78 is 18.3. The Labute approximate surface area is 134 Å². The monoisotopic (exact) mass is 348 g/mol. The Hall–Kier alpha value is -1.94. The number of carbonyl (C=O) groups is 4. The molecular formula is C12H12O8S2. The van der Waals surface area contributed by atoms with Crippen LogP contribution in [0.5, 0.6) is 0 Å². The lowest BCUT2D eigenvalue weighted by Crippen LogP contribution is -2.20. The van der Waals surface area contributed by atoms with Gasteiger partial charge in [0, 0.05) is 0 Å². The van der Waals surface area contributed by atoms with Crippen LogP contribution < -0.4 is 0 Å². The van der Waals surface area contributed by atoms with E-state index in [0.717, 1.165) is 28.4 Å². The Morgan fingerprint density at radius 3 is 0.864 bits per heavy atom. The van der Waals surface area contributed by atoms with Crippen LogP contribution in [0.2, 0.25) is 0 Å². The SMILES string of the molecule is COC(=O)C1=C(C(=O)OC)SC(C(=O)OC)=C(C(=O)OC)S1. The summed E-state index contributed by atoms with van der Waals surface area (Å²) in [5.74, 6) is -3.38. The fourth-order valence-corrected chi connectivity index (χ4v) is 3.58. The molecule has 0 aliphatic carbocycles. The van der Waals surface area contributed by atoms with Crippen LogP contribution in [0.25, 0.3) is 0 Å². The minimum atomic E-state index is -0.844. The average Bonchev–Trinajstić information content (AvgIpc) is 2.57. The molecule has 0 radical (unpaired) electrons. The molecule has 0 unspecified atom stereocenters. The molecule has 0 N–H and O–H groups in total. The topological polar surface area (TPSA) is 105 Å². The largest absolute Gasteiger partial charge is 0.465 e. The number of carbonyl (C=O) groups excluding carboxylic acids is 4. The first-order chi connectivity index (χ1) is 10.4. The Kier molecular flexibility index (Phi) is 6.50. The maximum absolute atomic E-state index is 11.8. The molecular weight excluding hydrogens is 336 g/mol. The van der Waals surface area contributed by atoms with E-state index in [0.29, 0.717) is 23.5 Å². The van der Waals surface area contributed by atoms with Crippen LogP contribution in [0.4, 0.5) is 0 Å². The van der Waals surface area contributed by atoms with Gasteiger partial charge in [0.2, 0.25) is 0 Å². The van der Waals surface area contributed by atoms with Crippen molar-refractivity contribution < 1.29 is 38.1 Å². The highest BCUT2D eigenvalue weighted by atomic mass is 32.2. The van der Waals surface area contributed by atoms with Crippen molar-refractivity contribution in [3.63, 3.8) is 0 Å². The van der Waals surface area contributed by atoms with Gasteiger partial charge in [0.25, 0.3) is 0 Å². The molecule has 1 heterocycles. The number of thioether (sulfide) groups is 2. The first kappa shape index (κ1) is 18.1. The van der Waals surface area contributed by atoms with E-state index in [-0.39, 0.29) is 19.6 Å². The van der Waals surface area contributed by atoms with Gasteiger partial charge < -0.3 is 18.9 Å². The van der Waals surface area contributed by atoms with Gasteiger partial charge in [0.15, 0.2) is 0 Å². The number of hydrogen-bond acceptors (Lipinski definition) is 10. The zero-order chi connectivity index (χ0) is 16.9. The molecule has 0 amide bonds. The van der Waals surface area contributed by atoms with Crippen molar-refractivity contribution in [3.8, 4) is 0 Å². The fraction of sp³-hybridized carbons (Fsp3) is 0.333. The number of methoxy groups -OCH3 is 4. The van der Waals surface area contributed by atoms with Gasteiger partial charge in [0.1, 0.15) is 19.6 Å². The van der Waals surface area contributed by atoms with Crippen LogP contribution >= 0.6 is 23.5 Å². The second-order valence-corrected chi connectivity index (χ2v) is 5.53. The van der Waals surface area contributed by atoms with Crippen molar-refractivity contribution >= 4 is 47.4 Å². The van der Waals surface area contributed by atoms with Crippen molar-refractivity contribution in [2.45, 2.75) is 0 Å². The third-order valence-electron chi connectivity index (χ3n) is 2.30. The highest BCUT2D eigenvalue weighted by Crippen LogP contribution is 2.46. The summed E-state index contributed by atoms with van der Waals surface area (Å²) in [6.45, 7) is 0. The molecule has 0 fully saturated rings. The number of esters is 4. The highest BCUT2D eigenvalue weighted by Gasteiger charge is 2.37. The van der Waals surface area contributed by atoms with Crippen LogP contribution in [0, 0.1) is 0 Å². The predicted octanol–water partition coefficient (Wildman–Crippen LogP) is 0.582. The van der Waals surface area contributed by atoms with E-state index in [9.17, 15) is 19.2 Å². The Morgan fingerprint density at radius 1 is 0.545 bits per heavy atom. The van der Waals surface area contributed by atoms with Gasteiger partial charge in [-0.25, -0.2) is 19.2 Å². The zero-order valence-corrected chi connectivity index (χ0v) is 13.7. The van der Waals surface area contributed by atoms with E-state index in [2.05, 4.69) is 18.9 Å². The van der Waals surface area contributed by atoms with Crippen LogP contribution in [-0.4, -0.2) is 52.3 Å². The summed E-state index contributed by atoms with van der Waals surface area (Å²) in [5.41, 5.74) is 0. The Bertz CT molecular complexity index is 490. The second kappa shape index (κ2) is 7.90. The maximum atomic E-state index is 11.8. The number of ether oxygens (including phenoxy) is 4. The van der Waals surface area contributed by atoms with Gasteiger partial charge in [-0.2, -0.15) is 0 Å². The van der Waals surface area contributed by atoms with Crippen molar-refractivity contribution in [3.05, 3.63) is 19.6 Å². The molecule has 1 aliphatic rings. The molecule has 0 atom stereocenters. The normalized spacial score (nSPS) is 14.4. The standard InChI is InChI=1S/C12H12O8S2/c1-17-9(13)5-6(10(14)18-2)22-8(12(16)20-4)7(21-5)11(15)19-3/h1-4H3. The number of hydrogen-bond donors (Lipinski definition) is 0. The molecule has 1 rings (SSSR count). The van der Waals surface area contributed by atoms with E-state index >= 15 is 0 Å². The summed E-state index contributed by atoms with van der Waals surface area (Å²) in [6, 6.07) is 0. The lowest BCUT2D eigenvalue weighted by molar-refractivity contribution is -0.138. The minimum absolute atomic E-state index is 0.174. The quantitative estimate of drug-likeness (QED) is 0.529. The van der Waals surface area contributed by atoms with E-state index in [1.165, 1.54) is 0 Å². The molecule has 0 aromatic carbocycles. The second-order valence-electron chi connectivity index (χ2n) is 3.49. The summed E-state index contributed by atoms with van der Waals surface area (Å²) in [5, 5.41) is 0. The van der Waals surface area contributed by atoms with E-state index in [1.807, 2.05) is 0 Å². The van der Waals surface area contributed by atoms with Crippen molar-refractivity contribution in [1.82, 2.24) is 0 Å². The van der Waals surface area contributed by atoms with Crippen LogP contribution in [0.15, 0.2) is 19.6 Å². The van der Waals surface area contributed by atoms with Gasteiger partial charge in [-0.15, -0.1) is 0 Å². The van der Waals surface area contributed by atoms with Gasteiger partial charge in [-0.3, -0.25) is 0 Å². The highest BCUT2D eigenvalue weighted by molar-refractivity contribution is 8.15. The van der Waals surface area contributed by atoms with Crippen molar-refractivity contribution in [2.75, 3.05) is 28.4 Å². The molecule has 0 bridgehead atoms. The molecule has 0 aromatic heterocycles. The van der Waals surface area contributed by atoms with Gasteiger partial charge in [-0.05, 0) is 0 Å². The average molecular weight is 348 g/mol. The van der Waals surface area contributed by atoms with Crippen molar-refractivity contribution in [1.29, 1.82) is 0 Å². The minimum Gasteiger partial charge on any atom is -0.465 e. The van der Waals surface area contributed by atoms with E-state index < -0.39 is 23.9 Å².